The molecule has 72 valence electrons. The van der Waals surface area contributed by atoms with Crippen LogP contribution in [-0.2, 0) is 10.0 Å². The predicted octanol–water partition coefficient (Wildman–Crippen LogP) is 1.58. The van der Waals surface area contributed by atoms with E-state index in [1.54, 1.807) is 16.8 Å². The van der Waals surface area contributed by atoms with E-state index in [1.165, 1.54) is 11.3 Å². The minimum Gasteiger partial charge on any atom is -0.207 e. The molecule has 5 heteroatoms. The number of nitrogens with one attached hydrogen (secondary N) is 1. The Hall–Kier alpha value is -0.390. The molecule has 0 bridgehead atoms. The van der Waals surface area contributed by atoms with Gasteiger partial charge in [-0.05, 0) is 31.2 Å². The van der Waals surface area contributed by atoms with Crippen molar-refractivity contribution in [2.45, 2.75) is 30.2 Å². The summed E-state index contributed by atoms with van der Waals surface area (Å²) < 4.78 is 26.0. The lowest BCUT2D eigenvalue weighted by Gasteiger charge is -2.10. The first-order valence-corrected chi connectivity index (χ1v) is 6.51. The number of thiophene rings is 1. The van der Waals surface area contributed by atoms with Crippen molar-refractivity contribution in [2.24, 2.45) is 0 Å². The van der Waals surface area contributed by atoms with Crippen molar-refractivity contribution in [1.82, 2.24) is 4.72 Å². The third kappa shape index (κ3) is 1.92. The molecule has 1 aliphatic carbocycles. The average molecular weight is 217 g/mol. The van der Waals surface area contributed by atoms with Gasteiger partial charge in [-0.1, -0.05) is 0 Å². The van der Waals surface area contributed by atoms with Gasteiger partial charge < -0.3 is 0 Å². The second-order valence-electron chi connectivity index (χ2n) is 3.63. The van der Waals surface area contributed by atoms with Crippen LogP contribution < -0.4 is 4.72 Å². The molecule has 0 radical (unpaired) electrons. The Morgan fingerprint density at radius 3 is 2.69 bits per heavy atom. The lowest BCUT2D eigenvalue weighted by atomic mass is 10.4. The molecule has 3 nitrogen and oxygen atoms in total. The van der Waals surface area contributed by atoms with Crippen LogP contribution in [0.3, 0.4) is 0 Å². The van der Waals surface area contributed by atoms with E-state index < -0.39 is 10.0 Å². The molecule has 1 fully saturated rings. The van der Waals surface area contributed by atoms with Crippen molar-refractivity contribution in [3.63, 3.8) is 0 Å². The van der Waals surface area contributed by atoms with Gasteiger partial charge in [0.25, 0.3) is 0 Å². The summed E-state index contributed by atoms with van der Waals surface area (Å²) in [5.74, 6) is 0. The van der Waals surface area contributed by atoms with Gasteiger partial charge in [0.1, 0.15) is 0 Å². The molecule has 0 spiro atoms. The maximum absolute atomic E-state index is 11.6. The topological polar surface area (TPSA) is 46.2 Å². The van der Waals surface area contributed by atoms with Crippen LogP contribution in [0.1, 0.15) is 19.8 Å². The maximum atomic E-state index is 11.6. The Balaban J connectivity index is 2.22. The molecule has 0 aliphatic heterocycles. The van der Waals surface area contributed by atoms with E-state index in [-0.39, 0.29) is 5.54 Å². The molecule has 13 heavy (non-hydrogen) atoms. The van der Waals surface area contributed by atoms with Crippen LogP contribution in [0, 0.1) is 0 Å². The highest BCUT2D eigenvalue weighted by atomic mass is 32.2. The van der Waals surface area contributed by atoms with Crippen LogP contribution in [0.25, 0.3) is 0 Å². The van der Waals surface area contributed by atoms with Crippen LogP contribution in [0.2, 0.25) is 0 Å². The van der Waals surface area contributed by atoms with E-state index >= 15 is 0 Å². The first-order valence-electron chi connectivity index (χ1n) is 4.08. The van der Waals surface area contributed by atoms with Crippen molar-refractivity contribution in [1.29, 1.82) is 0 Å². The van der Waals surface area contributed by atoms with Crippen molar-refractivity contribution in [3.05, 3.63) is 16.8 Å². The number of rotatable bonds is 3. The third-order valence-electron chi connectivity index (χ3n) is 2.19. The monoisotopic (exact) mass is 217 g/mol. The van der Waals surface area contributed by atoms with Crippen LogP contribution in [0.5, 0.6) is 0 Å². The van der Waals surface area contributed by atoms with Crippen LogP contribution in [0.15, 0.2) is 21.7 Å². The zero-order valence-corrected chi connectivity index (χ0v) is 8.91. The van der Waals surface area contributed by atoms with Gasteiger partial charge in [0, 0.05) is 10.9 Å². The Morgan fingerprint density at radius 2 is 2.23 bits per heavy atom. The highest BCUT2D eigenvalue weighted by Crippen LogP contribution is 2.36. The molecule has 2 rings (SSSR count). The van der Waals surface area contributed by atoms with Gasteiger partial charge in [-0.25, -0.2) is 13.1 Å². The molecule has 1 N–H and O–H groups in total. The van der Waals surface area contributed by atoms with Crippen molar-refractivity contribution < 1.29 is 8.42 Å². The Bertz CT molecular complexity index is 390. The fourth-order valence-electron chi connectivity index (χ4n) is 1.08. The summed E-state index contributed by atoms with van der Waals surface area (Å²) in [6.45, 7) is 1.93. The smallest absolute Gasteiger partial charge is 0.207 e. The highest BCUT2D eigenvalue weighted by Gasteiger charge is 2.41. The van der Waals surface area contributed by atoms with Crippen LogP contribution >= 0.6 is 11.3 Å². The van der Waals surface area contributed by atoms with Crippen LogP contribution in [-0.4, -0.2) is 14.0 Å². The Labute approximate surface area is 81.8 Å². The van der Waals surface area contributed by atoms with Crippen LogP contribution in [0.4, 0.5) is 0 Å². The van der Waals surface area contributed by atoms with Crippen molar-refractivity contribution >= 4 is 21.4 Å². The Morgan fingerprint density at radius 1 is 1.54 bits per heavy atom. The lowest BCUT2D eigenvalue weighted by Crippen LogP contribution is -2.33. The third-order valence-corrected chi connectivity index (χ3v) is 4.65. The van der Waals surface area contributed by atoms with E-state index in [2.05, 4.69) is 4.72 Å². The van der Waals surface area contributed by atoms with Gasteiger partial charge in [0.05, 0.1) is 4.90 Å². The van der Waals surface area contributed by atoms with Gasteiger partial charge in [-0.3, -0.25) is 0 Å². The molecule has 1 aliphatic rings. The summed E-state index contributed by atoms with van der Waals surface area (Å²) in [4.78, 5) is 0.380. The molecular weight excluding hydrogens is 206 g/mol. The fourth-order valence-corrected chi connectivity index (χ4v) is 3.57. The van der Waals surface area contributed by atoms with E-state index in [1.807, 2.05) is 6.92 Å². The molecule has 1 heterocycles. The molecule has 0 atom stereocenters. The van der Waals surface area contributed by atoms with E-state index in [4.69, 9.17) is 0 Å². The predicted molar refractivity (Wildman–Crippen MR) is 52.3 cm³/mol. The average Bonchev–Trinajstić information content (AvgIpc) is 2.53. The highest BCUT2D eigenvalue weighted by molar-refractivity contribution is 7.89. The van der Waals surface area contributed by atoms with E-state index in [0.717, 1.165) is 12.8 Å². The Kier molecular flexibility index (Phi) is 1.98. The molecule has 0 amide bonds. The summed E-state index contributed by atoms with van der Waals surface area (Å²) in [6, 6.07) is 1.62. The number of sulfonamides is 1. The first kappa shape index (κ1) is 9.18. The first-order chi connectivity index (χ1) is 6.02. The number of hydrogen-bond acceptors (Lipinski definition) is 3. The molecule has 1 aromatic heterocycles. The zero-order chi connectivity index (χ0) is 9.53. The normalized spacial score (nSPS) is 20.1. The lowest BCUT2D eigenvalue weighted by molar-refractivity contribution is 0.558. The molecule has 0 saturated heterocycles. The van der Waals surface area contributed by atoms with Gasteiger partial charge in [-0.15, -0.1) is 0 Å². The maximum Gasteiger partial charge on any atom is 0.241 e. The minimum absolute atomic E-state index is 0.180. The summed E-state index contributed by atoms with van der Waals surface area (Å²) in [7, 11) is -3.25. The molecule has 0 unspecified atom stereocenters. The molecular formula is C8H11NO2S2. The minimum atomic E-state index is -3.25. The fraction of sp³-hybridized carbons (Fsp3) is 0.500. The molecule has 1 saturated carbocycles. The number of hydrogen-bond donors (Lipinski definition) is 1. The summed E-state index contributed by atoms with van der Waals surface area (Å²) in [5, 5.41) is 3.41. The molecule has 1 aromatic rings. The van der Waals surface area contributed by atoms with E-state index in [9.17, 15) is 8.42 Å². The second-order valence-corrected chi connectivity index (χ2v) is 6.09. The zero-order valence-electron chi connectivity index (χ0n) is 7.28. The largest absolute Gasteiger partial charge is 0.241 e. The summed E-state index contributed by atoms with van der Waals surface area (Å²) in [5.41, 5.74) is -0.180. The van der Waals surface area contributed by atoms with Crippen molar-refractivity contribution in [3.8, 4) is 0 Å². The van der Waals surface area contributed by atoms with Gasteiger partial charge >= 0.3 is 0 Å². The summed E-state index contributed by atoms with van der Waals surface area (Å²) >= 11 is 1.39. The van der Waals surface area contributed by atoms with Gasteiger partial charge in [0.15, 0.2) is 0 Å². The quantitative estimate of drug-likeness (QED) is 0.835. The van der Waals surface area contributed by atoms with E-state index in [0.29, 0.717) is 4.90 Å². The molecule has 0 aromatic carbocycles. The van der Waals surface area contributed by atoms with Crippen molar-refractivity contribution in [2.75, 3.05) is 0 Å². The summed E-state index contributed by atoms with van der Waals surface area (Å²) in [6.07, 6.45) is 1.88. The standard InChI is InChI=1S/C8H11NO2S2/c1-8(3-4-8)9-13(10,11)7-2-5-12-6-7/h2,5-6,9H,3-4H2,1H3. The van der Waals surface area contributed by atoms with Gasteiger partial charge in [-0.2, -0.15) is 11.3 Å². The van der Waals surface area contributed by atoms with Gasteiger partial charge in [0.2, 0.25) is 10.0 Å². The SMILES string of the molecule is CC1(NS(=O)(=O)c2ccsc2)CC1. The second kappa shape index (κ2) is 2.80.